The zero-order chi connectivity index (χ0) is 25.1. The molecule has 3 saturated carbocycles. The van der Waals surface area contributed by atoms with Gasteiger partial charge in [0, 0.05) is 22.7 Å². The molecule has 4 aliphatic rings. The smallest absolute Gasteiger partial charge is 0.466 e. The summed E-state index contributed by atoms with van der Waals surface area (Å²) in [5.41, 5.74) is -5.39. The highest BCUT2D eigenvalue weighted by Crippen LogP contribution is 2.71. The van der Waals surface area contributed by atoms with Crippen molar-refractivity contribution in [1.29, 1.82) is 0 Å². The fourth-order valence-electron chi connectivity index (χ4n) is 7.66. The van der Waals surface area contributed by atoms with Gasteiger partial charge in [0.2, 0.25) is 5.60 Å². The molecule has 8 atom stereocenters. The molecule has 4 rings (SSSR count). The first-order valence-corrected chi connectivity index (χ1v) is 12.3. The molecule has 0 amide bonds. The van der Waals surface area contributed by atoms with E-state index in [2.05, 4.69) is 0 Å². The van der Waals surface area contributed by atoms with Crippen LogP contribution < -0.4 is 0 Å². The van der Waals surface area contributed by atoms with Crippen LogP contribution in [0.15, 0.2) is 23.8 Å². The average Bonchev–Trinajstić information content (AvgIpc) is 3.00. The summed E-state index contributed by atoms with van der Waals surface area (Å²) in [5, 5.41) is 11.4. The molecular weight excluding hydrogens is 467 g/mol. The maximum atomic E-state index is 17.2. The highest BCUT2D eigenvalue weighted by atomic mass is 35.5. The Balaban J connectivity index is 1.80. The number of allylic oxidation sites excluding steroid dienone is 4. The van der Waals surface area contributed by atoms with Crippen molar-refractivity contribution >= 4 is 29.5 Å². The summed E-state index contributed by atoms with van der Waals surface area (Å²) >= 11 is 5.61. The molecule has 0 bridgehead atoms. The van der Waals surface area contributed by atoms with Crippen molar-refractivity contribution in [1.82, 2.24) is 0 Å². The van der Waals surface area contributed by atoms with E-state index < -0.39 is 52.2 Å². The van der Waals surface area contributed by atoms with Crippen LogP contribution >= 0.6 is 11.6 Å². The van der Waals surface area contributed by atoms with Crippen LogP contribution in [0.1, 0.15) is 46.5 Å². The van der Waals surface area contributed by atoms with Crippen LogP contribution in [0.5, 0.6) is 0 Å². The lowest BCUT2D eigenvalue weighted by Crippen LogP contribution is -2.70. The summed E-state index contributed by atoms with van der Waals surface area (Å²) in [6.45, 7) is 5.18. The van der Waals surface area contributed by atoms with E-state index in [-0.39, 0.29) is 30.6 Å². The van der Waals surface area contributed by atoms with E-state index >= 15 is 4.39 Å². The van der Waals surface area contributed by atoms with E-state index in [0.29, 0.717) is 24.8 Å². The fourth-order valence-corrected chi connectivity index (χ4v) is 7.74. The van der Waals surface area contributed by atoms with Crippen LogP contribution in [0, 0.1) is 28.6 Å². The minimum absolute atomic E-state index is 0.0609. The molecule has 0 radical (unpaired) electrons. The molecule has 34 heavy (non-hydrogen) atoms. The van der Waals surface area contributed by atoms with Gasteiger partial charge in [0.25, 0.3) is 0 Å². The highest BCUT2D eigenvalue weighted by molar-refractivity contribution is 6.18. The second kappa shape index (κ2) is 8.33. The van der Waals surface area contributed by atoms with Gasteiger partial charge >= 0.3 is 12.1 Å². The summed E-state index contributed by atoms with van der Waals surface area (Å²) in [6.07, 6.45) is 3.06. The van der Waals surface area contributed by atoms with E-state index in [0.717, 1.165) is 0 Å². The maximum absolute atomic E-state index is 17.2. The Morgan fingerprint density at radius 2 is 2.00 bits per heavy atom. The van der Waals surface area contributed by atoms with E-state index in [9.17, 15) is 19.5 Å². The summed E-state index contributed by atoms with van der Waals surface area (Å²) in [6, 6.07) is 0. The van der Waals surface area contributed by atoms with Gasteiger partial charge in [-0.1, -0.05) is 25.5 Å². The third-order valence-electron chi connectivity index (χ3n) is 9.21. The Kier molecular flexibility index (Phi) is 6.17. The molecule has 4 aliphatic carbocycles. The Morgan fingerprint density at radius 1 is 1.29 bits per heavy atom. The van der Waals surface area contributed by atoms with Crippen LogP contribution in [0.2, 0.25) is 0 Å². The van der Waals surface area contributed by atoms with Crippen molar-refractivity contribution in [3.63, 3.8) is 0 Å². The number of alkyl halides is 2. The molecule has 188 valence electrons. The summed E-state index contributed by atoms with van der Waals surface area (Å²) < 4.78 is 33.1. The molecule has 0 aromatic carbocycles. The molecule has 0 heterocycles. The summed E-state index contributed by atoms with van der Waals surface area (Å²) in [7, 11) is 1.21. The standard InChI is InChI=1S/C25H32ClFO7/c1-14-11-18-17-6-5-15-12-16(28)7-8-22(15,2)24(17,27)19(29)13-23(18,3)25(14,20(30)32-4)34-21(31)33-10-9-26/h7-8,12,14,17-19,29H,5-6,9-11,13H2,1-4H3/t14-,17+,18+,19+,22+,23+,24+,25+/m1/s1. The molecule has 3 fully saturated rings. The van der Waals surface area contributed by atoms with Gasteiger partial charge in [-0.3, -0.25) is 4.79 Å². The van der Waals surface area contributed by atoms with Crippen molar-refractivity contribution in [2.45, 2.75) is 63.8 Å². The summed E-state index contributed by atoms with van der Waals surface area (Å²) in [4.78, 5) is 37.8. The minimum Gasteiger partial charge on any atom is -0.466 e. The normalized spacial score (nSPS) is 44.9. The van der Waals surface area contributed by atoms with Crippen LogP contribution in [0.3, 0.4) is 0 Å². The molecule has 0 aromatic heterocycles. The Hall–Kier alpha value is -1.93. The number of fused-ring (bicyclic) bond motifs is 5. The lowest BCUT2D eigenvalue weighted by Gasteiger charge is -2.62. The first-order chi connectivity index (χ1) is 15.9. The van der Waals surface area contributed by atoms with Gasteiger partial charge in [-0.25, -0.2) is 14.0 Å². The van der Waals surface area contributed by atoms with Crippen LogP contribution in [-0.2, 0) is 23.8 Å². The topological polar surface area (TPSA) is 99.1 Å². The number of halogens is 2. The highest BCUT2D eigenvalue weighted by Gasteiger charge is 2.78. The number of rotatable bonds is 4. The van der Waals surface area contributed by atoms with Crippen LogP contribution in [-0.4, -0.2) is 60.0 Å². The van der Waals surface area contributed by atoms with Crippen LogP contribution in [0.4, 0.5) is 9.18 Å². The van der Waals surface area contributed by atoms with Gasteiger partial charge in [-0.05, 0) is 50.7 Å². The van der Waals surface area contributed by atoms with E-state index in [1.165, 1.54) is 19.3 Å². The molecule has 0 aliphatic heterocycles. The predicted molar refractivity (Wildman–Crippen MR) is 121 cm³/mol. The van der Waals surface area contributed by atoms with E-state index in [1.54, 1.807) is 26.8 Å². The van der Waals surface area contributed by atoms with Gasteiger partial charge < -0.3 is 19.3 Å². The molecule has 7 nitrogen and oxygen atoms in total. The number of ether oxygens (including phenoxy) is 3. The number of hydrogen-bond donors (Lipinski definition) is 1. The van der Waals surface area contributed by atoms with Crippen molar-refractivity contribution in [2.75, 3.05) is 19.6 Å². The number of aliphatic hydroxyl groups is 1. The molecular formula is C25H32ClFO7. The number of methoxy groups -OCH3 is 1. The molecule has 0 aromatic rings. The predicted octanol–water partition coefficient (Wildman–Crippen LogP) is 3.91. The molecule has 0 spiro atoms. The summed E-state index contributed by atoms with van der Waals surface area (Å²) in [5.74, 6) is -2.41. The fraction of sp³-hybridized carbons (Fsp3) is 0.720. The zero-order valence-corrected chi connectivity index (χ0v) is 20.7. The Labute approximate surface area is 203 Å². The Morgan fingerprint density at radius 3 is 2.65 bits per heavy atom. The lowest BCUT2D eigenvalue weighted by molar-refractivity contribution is -0.229. The number of ketones is 1. The van der Waals surface area contributed by atoms with Crippen molar-refractivity contribution in [2.24, 2.45) is 28.6 Å². The monoisotopic (exact) mass is 498 g/mol. The Bertz CT molecular complexity index is 965. The second-order valence-electron chi connectivity index (χ2n) is 10.5. The van der Waals surface area contributed by atoms with E-state index in [4.69, 9.17) is 25.8 Å². The largest absolute Gasteiger partial charge is 0.509 e. The van der Waals surface area contributed by atoms with Gasteiger partial charge in [0.05, 0.1) is 19.1 Å². The quantitative estimate of drug-likeness (QED) is 0.463. The lowest BCUT2D eigenvalue weighted by atomic mass is 9.44. The third kappa shape index (κ3) is 3.06. The van der Waals surface area contributed by atoms with Crippen molar-refractivity contribution in [3.05, 3.63) is 23.8 Å². The maximum Gasteiger partial charge on any atom is 0.509 e. The molecule has 0 saturated heterocycles. The first kappa shape index (κ1) is 25.2. The van der Waals surface area contributed by atoms with Crippen molar-refractivity contribution < 1.29 is 38.1 Å². The number of carbonyl (C=O) groups excluding carboxylic acids is 3. The number of aliphatic hydroxyl groups excluding tert-OH is 1. The van der Waals surface area contributed by atoms with Gasteiger partial charge in [0.15, 0.2) is 11.5 Å². The van der Waals surface area contributed by atoms with Gasteiger partial charge in [-0.15, -0.1) is 11.6 Å². The van der Waals surface area contributed by atoms with Gasteiger partial charge in [-0.2, -0.15) is 0 Å². The van der Waals surface area contributed by atoms with E-state index in [1.807, 2.05) is 0 Å². The van der Waals surface area contributed by atoms with Gasteiger partial charge in [0.1, 0.15) is 6.61 Å². The number of esters is 1. The van der Waals surface area contributed by atoms with Crippen molar-refractivity contribution in [3.8, 4) is 0 Å². The molecule has 9 heteroatoms. The molecule has 1 N–H and O–H groups in total. The zero-order valence-electron chi connectivity index (χ0n) is 19.9. The number of hydrogen-bond acceptors (Lipinski definition) is 7. The second-order valence-corrected chi connectivity index (χ2v) is 10.9. The minimum atomic E-state index is -2.05. The first-order valence-electron chi connectivity index (χ1n) is 11.7. The SMILES string of the molecule is COC(=O)[C@@]1(OC(=O)OCCCl)[C@H](C)C[C@H]2[C@@H]3CCC4=CC(=O)C=C[C@]4(C)[C@@]3(F)[C@@H](O)C[C@@]21C. The average molecular weight is 499 g/mol. The third-order valence-corrected chi connectivity index (χ3v) is 9.37. The van der Waals surface area contributed by atoms with Crippen LogP contribution in [0.25, 0.3) is 0 Å². The number of carbonyl (C=O) groups is 3. The molecule has 0 unspecified atom stereocenters.